The maximum absolute atomic E-state index is 5.81. The van der Waals surface area contributed by atoms with Gasteiger partial charge in [-0.25, -0.2) is 0 Å². The molecule has 0 aromatic heterocycles. The van der Waals surface area contributed by atoms with Gasteiger partial charge in [-0.05, 0) is 74.4 Å². The van der Waals surface area contributed by atoms with E-state index in [1.54, 1.807) is 7.11 Å². The summed E-state index contributed by atoms with van der Waals surface area (Å²) in [6.45, 7) is 5.00. The van der Waals surface area contributed by atoms with Crippen LogP contribution in [0.3, 0.4) is 0 Å². The van der Waals surface area contributed by atoms with Gasteiger partial charge in [-0.15, -0.1) is 12.4 Å². The van der Waals surface area contributed by atoms with Gasteiger partial charge in [-0.1, -0.05) is 18.2 Å². The van der Waals surface area contributed by atoms with Crippen molar-refractivity contribution in [2.24, 2.45) is 0 Å². The summed E-state index contributed by atoms with van der Waals surface area (Å²) in [4.78, 5) is 2.69. The second-order valence-electron chi connectivity index (χ2n) is 8.16. The lowest BCUT2D eigenvalue weighted by molar-refractivity contribution is 0.110. The van der Waals surface area contributed by atoms with Gasteiger partial charge in [0.2, 0.25) is 6.79 Å². The van der Waals surface area contributed by atoms with Gasteiger partial charge in [0.15, 0.2) is 11.5 Å². The van der Waals surface area contributed by atoms with Crippen molar-refractivity contribution in [2.75, 3.05) is 27.0 Å². The van der Waals surface area contributed by atoms with Gasteiger partial charge < -0.3 is 14.2 Å². The van der Waals surface area contributed by atoms with E-state index in [2.05, 4.69) is 42.2 Å². The third-order valence-electron chi connectivity index (χ3n) is 6.76. The molecule has 4 nitrogen and oxygen atoms in total. The van der Waals surface area contributed by atoms with Gasteiger partial charge in [0.05, 0.1) is 7.11 Å². The molecule has 0 bridgehead atoms. The van der Waals surface area contributed by atoms with Gasteiger partial charge in [0.1, 0.15) is 5.75 Å². The van der Waals surface area contributed by atoms with E-state index in [0.717, 1.165) is 36.8 Å². The van der Waals surface area contributed by atoms with Crippen molar-refractivity contribution < 1.29 is 14.2 Å². The minimum atomic E-state index is 0. The Morgan fingerprint density at radius 2 is 2.07 bits per heavy atom. The number of benzene rings is 2. The van der Waals surface area contributed by atoms with Crippen molar-refractivity contribution >= 4 is 12.4 Å². The molecule has 2 aliphatic heterocycles. The first-order chi connectivity index (χ1) is 13.2. The van der Waals surface area contributed by atoms with Crippen LogP contribution in [0.1, 0.15) is 48.8 Å². The van der Waals surface area contributed by atoms with E-state index in [1.165, 1.54) is 36.0 Å². The number of hydrogen-bond donors (Lipinski definition) is 0. The predicted molar refractivity (Wildman–Crippen MR) is 112 cm³/mol. The summed E-state index contributed by atoms with van der Waals surface area (Å²) in [6, 6.07) is 12.9. The normalized spacial score (nSPS) is 25.9. The molecule has 28 heavy (non-hydrogen) atoms. The fraction of sp³-hybridized carbons (Fsp3) is 0.478. The van der Waals surface area contributed by atoms with Crippen LogP contribution in [0.4, 0.5) is 0 Å². The van der Waals surface area contributed by atoms with Gasteiger partial charge in [0.25, 0.3) is 0 Å². The van der Waals surface area contributed by atoms with E-state index in [-0.39, 0.29) is 17.9 Å². The highest BCUT2D eigenvalue weighted by atomic mass is 35.5. The predicted octanol–water partition coefficient (Wildman–Crippen LogP) is 4.89. The summed E-state index contributed by atoms with van der Waals surface area (Å²) < 4.78 is 16.8. The molecule has 150 valence electrons. The van der Waals surface area contributed by atoms with Gasteiger partial charge >= 0.3 is 0 Å². The molecule has 0 amide bonds. The maximum atomic E-state index is 5.81. The molecule has 1 saturated heterocycles. The summed E-state index contributed by atoms with van der Waals surface area (Å²) >= 11 is 0. The highest BCUT2D eigenvalue weighted by Crippen LogP contribution is 2.49. The number of nitrogens with zero attached hydrogens (tertiary/aromatic N) is 1. The molecule has 1 aliphatic carbocycles. The molecule has 5 rings (SSSR count). The van der Waals surface area contributed by atoms with Crippen LogP contribution in [0, 0.1) is 0 Å². The lowest BCUT2D eigenvalue weighted by Gasteiger charge is -2.43. The number of halogens is 1. The van der Waals surface area contributed by atoms with Crippen molar-refractivity contribution in [1.82, 2.24) is 4.90 Å². The molecule has 0 N–H and O–H groups in total. The molecule has 0 spiro atoms. The molecule has 2 unspecified atom stereocenters. The van der Waals surface area contributed by atoms with Crippen LogP contribution >= 0.6 is 12.4 Å². The standard InChI is InChI=1S/C23H27NO3.ClH/c1-23(11-4-7-19-20(23)8-9-21-22(19)27-15-26-21)24-12-10-17(14-24)16-5-3-6-18(13-16)25-2;/h3,5-6,8-9,13,17H,4,7,10-12,14-15H2,1-2H3;1H. The van der Waals surface area contributed by atoms with Crippen LogP contribution in [0.25, 0.3) is 0 Å². The van der Waals surface area contributed by atoms with Crippen molar-refractivity contribution in [1.29, 1.82) is 0 Å². The van der Waals surface area contributed by atoms with E-state index < -0.39 is 0 Å². The van der Waals surface area contributed by atoms with Crippen molar-refractivity contribution in [3.63, 3.8) is 0 Å². The number of hydrogen-bond acceptors (Lipinski definition) is 4. The van der Waals surface area contributed by atoms with E-state index in [1.807, 2.05) is 6.07 Å². The first-order valence-electron chi connectivity index (χ1n) is 10.00. The largest absolute Gasteiger partial charge is 0.497 e. The van der Waals surface area contributed by atoms with Crippen LogP contribution in [0.5, 0.6) is 17.2 Å². The molecular weight excluding hydrogens is 374 g/mol. The van der Waals surface area contributed by atoms with Crippen molar-refractivity contribution in [3.8, 4) is 17.2 Å². The first kappa shape index (κ1) is 19.4. The molecule has 2 aromatic rings. The molecule has 2 heterocycles. The van der Waals surface area contributed by atoms with Crippen LogP contribution in [0.2, 0.25) is 0 Å². The van der Waals surface area contributed by atoms with E-state index in [9.17, 15) is 0 Å². The highest BCUT2D eigenvalue weighted by molar-refractivity contribution is 5.85. The maximum Gasteiger partial charge on any atom is 0.231 e. The third kappa shape index (κ3) is 3.03. The Morgan fingerprint density at radius 1 is 1.18 bits per heavy atom. The molecule has 3 aliphatic rings. The Kier molecular flexibility index (Phi) is 5.19. The zero-order valence-electron chi connectivity index (χ0n) is 16.6. The monoisotopic (exact) mass is 401 g/mol. The average molecular weight is 402 g/mol. The number of ether oxygens (including phenoxy) is 3. The van der Waals surface area contributed by atoms with Crippen molar-refractivity contribution in [2.45, 2.75) is 44.1 Å². The molecule has 1 fully saturated rings. The second-order valence-corrected chi connectivity index (χ2v) is 8.16. The molecule has 2 aromatic carbocycles. The molecule has 0 saturated carbocycles. The Hall–Kier alpha value is -1.91. The third-order valence-corrected chi connectivity index (χ3v) is 6.76. The Morgan fingerprint density at radius 3 is 2.93 bits per heavy atom. The topological polar surface area (TPSA) is 30.9 Å². The minimum absolute atomic E-state index is 0. The van der Waals surface area contributed by atoms with Crippen LogP contribution in [-0.4, -0.2) is 31.9 Å². The first-order valence-corrected chi connectivity index (χ1v) is 10.00. The number of rotatable bonds is 3. The lowest BCUT2D eigenvalue weighted by Crippen LogP contribution is -2.44. The summed E-state index contributed by atoms with van der Waals surface area (Å²) in [7, 11) is 1.74. The van der Waals surface area contributed by atoms with Crippen LogP contribution in [0.15, 0.2) is 36.4 Å². The smallest absolute Gasteiger partial charge is 0.231 e. The zero-order valence-corrected chi connectivity index (χ0v) is 17.4. The summed E-state index contributed by atoms with van der Waals surface area (Å²) in [5.41, 5.74) is 4.26. The number of methoxy groups -OCH3 is 1. The molecule has 5 heteroatoms. The van der Waals surface area contributed by atoms with E-state index in [0.29, 0.717) is 12.7 Å². The lowest BCUT2D eigenvalue weighted by atomic mass is 9.76. The fourth-order valence-electron chi connectivity index (χ4n) is 5.23. The SMILES string of the molecule is COc1cccc(C2CCN(C3(C)CCCc4c3ccc3c4OCO3)C2)c1.Cl. The number of fused-ring (bicyclic) bond motifs is 3. The van der Waals surface area contributed by atoms with Crippen LogP contribution < -0.4 is 14.2 Å². The second kappa shape index (κ2) is 7.49. The minimum Gasteiger partial charge on any atom is -0.497 e. The number of likely N-dealkylation sites (tertiary alicyclic amines) is 1. The van der Waals surface area contributed by atoms with Gasteiger partial charge in [-0.2, -0.15) is 0 Å². The Bertz CT molecular complexity index is 871. The average Bonchev–Trinajstić information content (AvgIpc) is 3.38. The Labute approximate surface area is 173 Å². The quantitative estimate of drug-likeness (QED) is 0.732. The van der Waals surface area contributed by atoms with Crippen molar-refractivity contribution in [3.05, 3.63) is 53.1 Å². The Balaban J connectivity index is 0.00000192. The zero-order chi connectivity index (χ0) is 18.4. The fourth-order valence-corrected chi connectivity index (χ4v) is 5.23. The summed E-state index contributed by atoms with van der Waals surface area (Å²) in [6.07, 6.45) is 4.68. The van der Waals surface area contributed by atoms with Gasteiger partial charge in [-0.3, -0.25) is 4.90 Å². The molecular formula is C23H28ClNO3. The summed E-state index contributed by atoms with van der Waals surface area (Å²) in [5.74, 6) is 3.42. The summed E-state index contributed by atoms with van der Waals surface area (Å²) in [5, 5.41) is 0. The molecule has 2 atom stereocenters. The molecule has 0 radical (unpaired) electrons. The van der Waals surface area contributed by atoms with E-state index in [4.69, 9.17) is 14.2 Å². The van der Waals surface area contributed by atoms with Crippen LogP contribution in [-0.2, 0) is 12.0 Å². The highest BCUT2D eigenvalue weighted by Gasteiger charge is 2.42. The van der Waals surface area contributed by atoms with Gasteiger partial charge in [0, 0.05) is 17.6 Å². The van der Waals surface area contributed by atoms with E-state index >= 15 is 0 Å².